The first-order valence-corrected chi connectivity index (χ1v) is 8.44. The Morgan fingerprint density at radius 3 is 2.67 bits per heavy atom. The molecule has 0 radical (unpaired) electrons. The molecular weight excluding hydrogens is 324 g/mol. The largest absolute Gasteiger partial charge is 0.332 e. The van der Waals surface area contributed by atoms with E-state index in [1.54, 1.807) is 29.2 Å². The molecule has 2 heterocycles. The Morgan fingerprint density at radius 2 is 1.83 bits per heavy atom. The van der Waals surface area contributed by atoms with Gasteiger partial charge in [-0.1, -0.05) is 48.0 Å². The van der Waals surface area contributed by atoms with Crippen LogP contribution in [0, 0.1) is 0 Å². The Bertz CT molecular complexity index is 821. The van der Waals surface area contributed by atoms with Crippen molar-refractivity contribution in [3.8, 4) is 0 Å². The van der Waals surface area contributed by atoms with E-state index >= 15 is 0 Å². The number of nitrogens with zero attached hydrogens (tertiary/aromatic N) is 2. The Balaban J connectivity index is 1.66. The van der Waals surface area contributed by atoms with E-state index in [0.29, 0.717) is 23.7 Å². The fraction of sp³-hybridized carbons (Fsp3) is 0.263. The molecule has 1 atom stereocenters. The van der Waals surface area contributed by atoms with Crippen LogP contribution in [0.25, 0.3) is 0 Å². The first-order chi connectivity index (χ1) is 11.6. The van der Waals surface area contributed by atoms with Crippen LogP contribution in [-0.4, -0.2) is 41.2 Å². The molecule has 0 saturated carbocycles. The molecule has 122 valence electrons. The summed E-state index contributed by atoms with van der Waals surface area (Å²) in [6.07, 6.45) is 0.872. The summed E-state index contributed by atoms with van der Waals surface area (Å²) in [5.41, 5.74) is 2.86. The molecule has 24 heavy (non-hydrogen) atoms. The molecule has 2 aliphatic heterocycles. The second kappa shape index (κ2) is 5.95. The van der Waals surface area contributed by atoms with Gasteiger partial charge in [0.25, 0.3) is 5.91 Å². The van der Waals surface area contributed by atoms with E-state index in [2.05, 4.69) is 12.1 Å². The lowest BCUT2D eigenvalue weighted by molar-refractivity contribution is -0.139. The molecule has 5 heteroatoms. The molecule has 0 aromatic heterocycles. The van der Waals surface area contributed by atoms with Gasteiger partial charge in [0.15, 0.2) is 0 Å². The van der Waals surface area contributed by atoms with Crippen molar-refractivity contribution in [2.75, 3.05) is 19.6 Å². The van der Waals surface area contributed by atoms with E-state index in [9.17, 15) is 9.59 Å². The zero-order chi connectivity index (χ0) is 16.7. The minimum atomic E-state index is -0.184. The Kier molecular flexibility index (Phi) is 3.77. The maximum atomic E-state index is 12.8. The second-order valence-corrected chi connectivity index (χ2v) is 6.62. The van der Waals surface area contributed by atoms with Gasteiger partial charge in [-0.2, -0.15) is 0 Å². The van der Waals surface area contributed by atoms with E-state index in [1.807, 2.05) is 17.0 Å². The molecule has 1 saturated heterocycles. The quantitative estimate of drug-likeness (QED) is 0.801. The van der Waals surface area contributed by atoms with Crippen molar-refractivity contribution in [2.45, 2.75) is 12.5 Å². The minimum absolute atomic E-state index is 0.00107. The van der Waals surface area contributed by atoms with Crippen LogP contribution in [0.4, 0.5) is 0 Å². The Labute approximate surface area is 145 Å². The van der Waals surface area contributed by atoms with E-state index in [4.69, 9.17) is 11.6 Å². The van der Waals surface area contributed by atoms with Gasteiger partial charge in [0.05, 0.1) is 16.6 Å². The molecule has 4 nitrogen and oxygen atoms in total. The first-order valence-electron chi connectivity index (χ1n) is 8.06. The van der Waals surface area contributed by atoms with Crippen LogP contribution in [-0.2, 0) is 11.2 Å². The number of benzene rings is 2. The molecule has 0 bridgehead atoms. The number of carbonyl (C=O) groups excluding carboxylic acids is 2. The predicted molar refractivity (Wildman–Crippen MR) is 92.0 cm³/mol. The molecule has 2 aliphatic rings. The average molecular weight is 341 g/mol. The molecule has 1 unspecified atom stereocenters. The van der Waals surface area contributed by atoms with Crippen molar-refractivity contribution < 1.29 is 9.59 Å². The monoisotopic (exact) mass is 340 g/mol. The molecule has 0 aliphatic carbocycles. The maximum Gasteiger partial charge on any atom is 0.255 e. The van der Waals surface area contributed by atoms with Crippen molar-refractivity contribution in [3.63, 3.8) is 0 Å². The van der Waals surface area contributed by atoms with Crippen LogP contribution in [0.1, 0.15) is 27.5 Å². The average Bonchev–Trinajstić information content (AvgIpc) is 2.61. The summed E-state index contributed by atoms with van der Waals surface area (Å²) in [5.74, 6) is -0.183. The standard InChI is InChI=1S/C19H17ClN2O2/c20-16-8-4-3-7-15(16)19(24)21-11-17-14-6-2-1-5-13(14)9-10-22(17)18(23)12-21/h1-8,17H,9-12H2. The van der Waals surface area contributed by atoms with Gasteiger partial charge in [0.1, 0.15) is 6.54 Å². The summed E-state index contributed by atoms with van der Waals surface area (Å²) < 4.78 is 0. The normalized spacial score (nSPS) is 19.7. The van der Waals surface area contributed by atoms with Crippen molar-refractivity contribution in [3.05, 3.63) is 70.2 Å². The zero-order valence-corrected chi connectivity index (χ0v) is 13.9. The van der Waals surface area contributed by atoms with Crippen molar-refractivity contribution >= 4 is 23.4 Å². The lowest BCUT2D eigenvalue weighted by Crippen LogP contribution is -2.55. The van der Waals surface area contributed by atoms with E-state index in [-0.39, 0.29) is 24.4 Å². The molecule has 4 rings (SSSR count). The third-order valence-electron chi connectivity index (χ3n) is 4.84. The second-order valence-electron chi connectivity index (χ2n) is 6.22. The molecule has 2 aromatic rings. The van der Waals surface area contributed by atoms with Gasteiger partial charge in [-0.15, -0.1) is 0 Å². The third kappa shape index (κ3) is 2.47. The molecular formula is C19H17ClN2O2. The van der Waals surface area contributed by atoms with Crippen LogP contribution in [0.3, 0.4) is 0 Å². The van der Waals surface area contributed by atoms with Gasteiger partial charge < -0.3 is 9.80 Å². The summed E-state index contributed by atoms with van der Waals surface area (Å²) in [4.78, 5) is 28.9. The Hall–Kier alpha value is -2.33. The maximum absolute atomic E-state index is 12.8. The number of halogens is 1. The van der Waals surface area contributed by atoms with Gasteiger partial charge in [-0.3, -0.25) is 9.59 Å². The van der Waals surface area contributed by atoms with Gasteiger partial charge in [-0.25, -0.2) is 0 Å². The summed E-state index contributed by atoms with van der Waals surface area (Å²) in [6, 6.07) is 15.1. The van der Waals surface area contributed by atoms with Crippen molar-refractivity contribution in [1.29, 1.82) is 0 Å². The number of carbonyl (C=O) groups is 2. The summed E-state index contributed by atoms with van der Waals surface area (Å²) in [6.45, 7) is 1.34. The van der Waals surface area contributed by atoms with Gasteiger partial charge >= 0.3 is 0 Å². The van der Waals surface area contributed by atoms with E-state index in [1.165, 1.54) is 5.56 Å². The summed E-state index contributed by atoms with van der Waals surface area (Å²) in [5, 5.41) is 0.418. The fourth-order valence-corrected chi connectivity index (χ4v) is 3.85. The molecule has 2 amide bonds. The summed E-state index contributed by atoms with van der Waals surface area (Å²) >= 11 is 6.15. The lowest BCUT2D eigenvalue weighted by Gasteiger charge is -2.44. The summed E-state index contributed by atoms with van der Waals surface area (Å²) in [7, 11) is 0. The Morgan fingerprint density at radius 1 is 1.08 bits per heavy atom. The first kappa shape index (κ1) is 15.2. The highest BCUT2D eigenvalue weighted by Gasteiger charge is 2.38. The van der Waals surface area contributed by atoms with E-state index < -0.39 is 0 Å². The van der Waals surface area contributed by atoms with Gasteiger partial charge in [0.2, 0.25) is 5.91 Å². The van der Waals surface area contributed by atoms with Crippen LogP contribution in [0.5, 0.6) is 0 Å². The number of amides is 2. The number of hydrogen-bond donors (Lipinski definition) is 0. The number of fused-ring (bicyclic) bond motifs is 3. The van der Waals surface area contributed by atoms with Crippen LogP contribution >= 0.6 is 11.6 Å². The van der Waals surface area contributed by atoms with Crippen molar-refractivity contribution in [1.82, 2.24) is 9.80 Å². The smallest absolute Gasteiger partial charge is 0.255 e. The van der Waals surface area contributed by atoms with Gasteiger partial charge in [0, 0.05) is 13.1 Å². The van der Waals surface area contributed by atoms with Crippen LogP contribution < -0.4 is 0 Å². The SMILES string of the molecule is O=C(c1ccccc1Cl)N1CC(=O)N2CCc3ccccc3C2C1. The van der Waals surface area contributed by atoms with Crippen LogP contribution in [0.15, 0.2) is 48.5 Å². The predicted octanol–water partition coefficient (Wildman–Crippen LogP) is 2.92. The molecule has 0 spiro atoms. The highest BCUT2D eigenvalue weighted by molar-refractivity contribution is 6.33. The zero-order valence-electron chi connectivity index (χ0n) is 13.1. The molecule has 1 fully saturated rings. The lowest BCUT2D eigenvalue weighted by atomic mass is 9.90. The third-order valence-corrected chi connectivity index (χ3v) is 5.17. The highest BCUT2D eigenvalue weighted by atomic mass is 35.5. The number of piperazine rings is 1. The molecule has 0 N–H and O–H groups in total. The number of hydrogen-bond acceptors (Lipinski definition) is 2. The van der Waals surface area contributed by atoms with Gasteiger partial charge in [-0.05, 0) is 29.7 Å². The van der Waals surface area contributed by atoms with Crippen molar-refractivity contribution in [2.24, 2.45) is 0 Å². The highest BCUT2D eigenvalue weighted by Crippen LogP contribution is 2.33. The topological polar surface area (TPSA) is 40.6 Å². The van der Waals surface area contributed by atoms with Crippen LogP contribution in [0.2, 0.25) is 5.02 Å². The van der Waals surface area contributed by atoms with E-state index in [0.717, 1.165) is 12.0 Å². The molecule has 2 aromatic carbocycles. The fourth-order valence-electron chi connectivity index (χ4n) is 3.63. The number of rotatable bonds is 1. The minimum Gasteiger partial charge on any atom is -0.332 e.